The van der Waals surface area contributed by atoms with E-state index in [0.717, 1.165) is 5.56 Å². The fraction of sp³-hybridized carbons (Fsp3) is 0.160. The summed E-state index contributed by atoms with van der Waals surface area (Å²) in [5, 5.41) is 2.97. The van der Waals surface area contributed by atoms with Gasteiger partial charge in [0.25, 0.3) is 0 Å². The van der Waals surface area contributed by atoms with Gasteiger partial charge in [0, 0.05) is 5.92 Å². The maximum Gasteiger partial charge on any atom is 0.407 e. The molecule has 0 aromatic heterocycles. The Morgan fingerprint density at radius 1 is 0.929 bits per heavy atom. The monoisotopic (exact) mass is 369 g/mol. The summed E-state index contributed by atoms with van der Waals surface area (Å²) in [7, 11) is 0. The highest BCUT2D eigenvalue weighted by atomic mass is 16.5. The zero-order valence-electron chi connectivity index (χ0n) is 15.7. The van der Waals surface area contributed by atoms with Crippen molar-refractivity contribution in [3.05, 3.63) is 108 Å². The van der Waals surface area contributed by atoms with E-state index in [1.165, 1.54) is 22.3 Å². The Kier molecular flexibility index (Phi) is 5.24. The van der Waals surface area contributed by atoms with Gasteiger partial charge in [0.15, 0.2) is 0 Å². The maximum atomic E-state index is 12.5. The van der Waals surface area contributed by atoms with Crippen LogP contribution in [0.1, 0.15) is 35.1 Å². The molecule has 3 aromatic rings. The van der Waals surface area contributed by atoms with Gasteiger partial charge in [0.05, 0.1) is 6.04 Å². The van der Waals surface area contributed by atoms with Crippen molar-refractivity contribution in [3.63, 3.8) is 0 Å². The highest BCUT2D eigenvalue weighted by Gasteiger charge is 2.29. The zero-order chi connectivity index (χ0) is 19.3. The van der Waals surface area contributed by atoms with Crippen LogP contribution in [-0.4, -0.2) is 12.7 Å². The number of alkyl carbamates (subject to hydrolysis) is 1. The van der Waals surface area contributed by atoms with Crippen molar-refractivity contribution in [1.29, 1.82) is 0 Å². The number of hydrogen-bond acceptors (Lipinski definition) is 2. The Labute approximate surface area is 165 Å². The summed E-state index contributed by atoms with van der Waals surface area (Å²) in [6, 6.07) is 26.4. The van der Waals surface area contributed by atoms with Gasteiger partial charge < -0.3 is 10.1 Å². The standard InChI is InChI=1S/C25H23NO2/c1-2-10-24(18-11-4-3-5-12-18)26-25(27)28-17-23-21-15-8-6-13-19(21)20-14-7-9-16-22(20)23/h2-9,11-16,23-24H,1,10,17H2,(H,26,27)/t24-/m0/s1. The molecular weight excluding hydrogens is 346 g/mol. The van der Waals surface area contributed by atoms with Crippen LogP contribution in [0.25, 0.3) is 11.1 Å². The Morgan fingerprint density at radius 3 is 2.11 bits per heavy atom. The summed E-state index contributed by atoms with van der Waals surface area (Å²) in [5.74, 6) is 0.0627. The molecule has 0 saturated carbocycles. The Hall–Kier alpha value is -3.33. The lowest BCUT2D eigenvalue weighted by atomic mass is 9.98. The topological polar surface area (TPSA) is 38.3 Å². The van der Waals surface area contributed by atoms with E-state index in [1.807, 2.05) is 54.6 Å². The van der Waals surface area contributed by atoms with E-state index >= 15 is 0 Å². The molecule has 3 aromatic carbocycles. The SMILES string of the molecule is C=CC[C@H](NC(=O)OCC1c2ccccc2-c2ccccc21)c1ccccc1. The minimum absolute atomic E-state index is 0.0627. The lowest BCUT2D eigenvalue weighted by Crippen LogP contribution is -2.30. The number of rotatable bonds is 6. The fourth-order valence-electron chi connectivity index (χ4n) is 3.91. The molecule has 1 aliphatic rings. The average molecular weight is 369 g/mol. The highest BCUT2D eigenvalue weighted by molar-refractivity contribution is 5.79. The van der Waals surface area contributed by atoms with Crippen LogP contribution < -0.4 is 5.32 Å². The molecule has 0 aliphatic heterocycles. The first kappa shape index (κ1) is 18.1. The number of amides is 1. The molecule has 28 heavy (non-hydrogen) atoms. The summed E-state index contributed by atoms with van der Waals surface area (Å²) in [6.45, 7) is 4.12. The van der Waals surface area contributed by atoms with Crippen molar-refractivity contribution >= 4 is 6.09 Å². The van der Waals surface area contributed by atoms with E-state index in [0.29, 0.717) is 13.0 Å². The third kappa shape index (κ3) is 3.56. The Balaban J connectivity index is 1.47. The van der Waals surface area contributed by atoms with Crippen LogP contribution in [0.15, 0.2) is 91.5 Å². The van der Waals surface area contributed by atoms with Gasteiger partial charge >= 0.3 is 6.09 Å². The Bertz CT molecular complexity index is 935. The van der Waals surface area contributed by atoms with Crippen LogP contribution in [0, 0.1) is 0 Å². The first-order valence-electron chi connectivity index (χ1n) is 9.55. The molecule has 1 amide bonds. The molecule has 0 unspecified atom stereocenters. The molecule has 140 valence electrons. The van der Waals surface area contributed by atoms with E-state index in [9.17, 15) is 4.79 Å². The van der Waals surface area contributed by atoms with Gasteiger partial charge in [-0.15, -0.1) is 6.58 Å². The number of nitrogens with one attached hydrogen (secondary N) is 1. The number of ether oxygens (including phenoxy) is 1. The highest BCUT2D eigenvalue weighted by Crippen LogP contribution is 2.44. The predicted molar refractivity (Wildman–Crippen MR) is 112 cm³/mol. The number of carbonyl (C=O) groups excluding carboxylic acids is 1. The molecule has 0 bridgehead atoms. The van der Waals surface area contributed by atoms with E-state index in [-0.39, 0.29) is 12.0 Å². The molecule has 1 atom stereocenters. The average Bonchev–Trinajstić information content (AvgIpc) is 3.06. The molecule has 3 nitrogen and oxygen atoms in total. The van der Waals surface area contributed by atoms with Crippen molar-refractivity contribution in [3.8, 4) is 11.1 Å². The summed E-state index contributed by atoms with van der Waals surface area (Å²) in [4.78, 5) is 12.5. The first-order chi connectivity index (χ1) is 13.8. The molecule has 3 heteroatoms. The van der Waals surface area contributed by atoms with Crippen LogP contribution in [0.5, 0.6) is 0 Å². The van der Waals surface area contributed by atoms with E-state index in [2.05, 4.69) is 36.2 Å². The van der Waals surface area contributed by atoms with Crippen LogP contribution in [0.3, 0.4) is 0 Å². The number of fused-ring (bicyclic) bond motifs is 3. The zero-order valence-corrected chi connectivity index (χ0v) is 15.7. The molecule has 0 heterocycles. The fourth-order valence-corrected chi connectivity index (χ4v) is 3.91. The second-order valence-electron chi connectivity index (χ2n) is 6.96. The van der Waals surface area contributed by atoms with Crippen LogP contribution in [0.4, 0.5) is 4.79 Å². The van der Waals surface area contributed by atoms with Crippen molar-refractivity contribution in [2.45, 2.75) is 18.4 Å². The molecule has 0 fully saturated rings. The summed E-state index contributed by atoms with van der Waals surface area (Å²) < 4.78 is 5.65. The van der Waals surface area contributed by atoms with Crippen LogP contribution >= 0.6 is 0 Å². The Morgan fingerprint density at radius 2 is 1.50 bits per heavy atom. The summed E-state index contributed by atoms with van der Waals surface area (Å²) >= 11 is 0. The summed E-state index contributed by atoms with van der Waals surface area (Å²) in [5.41, 5.74) is 5.90. The largest absolute Gasteiger partial charge is 0.449 e. The smallest absolute Gasteiger partial charge is 0.407 e. The van der Waals surface area contributed by atoms with Gasteiger partial charge in [-0.25, -0.2) is 4.79 Å². The van der Waals surface area contributed by atoms with Crippen LogP contribution in [-0.2, 0) is 4.74 Å². The van der Waals surface area contributed by atoms with E-state index in [1.54, 1.807) is 6.08 Å². The molecule has 0 saturated heterocycles. The number of benzene rings is 3. The predicted octanol–water partition coefficient (Wildman–Crippen LogP) is 5.84. The minimum atomic E-state index is -0.405. The second kappa shape index (κ2) is 8.13. The quantitative estimate of drug-likeness (QED) is 0.554. The third-order valence-electron chi connectivity index (χ3n) is 5.24. The van der Waals surface area contributed by atoms with Crippen molar-refractivity contribution in [2.75, 3.05) is 6.61 Å². The minimum Gasteiger partial charge on any atom is -0.449 e. The number of carbonyl (C=O) groups is 1. The van der Waals surface area contributed by atoms with Crippen molar-refractivity contribution < 1.29 is 9.53 Å². The molecule has 1 N–H and O–H groups in total. The third-order valence-corrected chi connectivity index (χ3v) is 5.24. The summed E-state index contributed by atoms with van der Waals surface area (Å²) in [6.07, 6.45) is 2.05. The van der Waals surface area contributed by atoms with Gasteiger partial charge in [-0.1, -0.05) is 84.9 Å². The van der Waals surface area contributed by atoms with Gasteiger partial charge in [-0.3, -0.25) is 0 Å². The molecular formula is C25H23NO2. The van der Waals surface area contributed by atoms with Gasteiger partial charge in [-0.2, -0.15) is 0 Å². The lowest BCUT2D eigenvalue weighted by molar-refractivity contribution is 0.139. The second-order valence-corrected chi connectivity index (χ2v) is 6.96. The van der Waals surface area contributed by atoms with Gasteiger partial charge in [0.1, 0.15) is 6.61 Å². The lowest BCUT2D eigenvalue weighted by Gasteiger charge is -2.19. The number of hydrogen-bond donors (Lipinski definition) is 1. The van der Waals surface area contributed by atoms with Crippen LogP contribution in [0.2, 0.25) is 0 Å². The van der Waals surface area contributed by atoms with Crippen molar-refractivity contribution in [1.82, 2.24) is 5.32 Å². The molecule has 4 rings (SSSR count). The maximum absolute atomic E-state index is 12.5. The first-order valence-corrected chi connectivity index (χ1v) is 9.55. The van der Waals surface area contributed by atoms with Gasteiger partial charge in [-0.05, 0) is 34.2 Å². The van der Waals surface area contributed by atoms with E-state index in [4.69, 9.17) is 4.74 Å². The molecule has 0 spiro atoms. The molecule has 1 aliphatic carbocycles. The van der Waals surface area contributed by atoms with E-state index < -0.39 is 6.09 Å². The van der Waals surface area contributed by atoms with Gasteiger partial charge in [0.2, 0.25) is 0 Å². The van der Waals surface area contributed by atoms with Crippen molar-refractivity contribution in [2.24, 2.45) is 0 Å². The normalized spacial score (nSPS) is 13.3. The molecule has 0 radical (unpaired) electrons.